The first-order valence-corrected chi connectivity index (χ1v) is 7.36. The van der Waals surface area contributed by atoms with Gasteiger partial charge in [-0.05, 0) is 29.3 Å². The number of nitrogens with one attached hydrogen (secondary N) is 1. The molecule has 17 heavy (non-hydrogen) atoms. The maximum atomic E-state index is 5.22. The number of aromatic nitrogens is 3. The van der Waals surface area contributed by atoms with Crippen molar-refractivity contribution in [2.45, 2.75) is 26.7 Å². The first-order chi connectivity index (χ1) is 8.10. The Morgan fingerprint density at radius 1 is 1.47 bits per heavy atom. The molecule has 1 N–H and O–H groups in total. The zero-order valence-electron chi connectivity index (χ0n) is 9.58. The highest BCUT2D eigenvalue weighted by atomic mass is 79.9. The summed E-state index contributed by atoms with van der Waals surface area (Å²) in [6, 6.07) is 0. The van der Waals surface area contributed by atoms with E-state index < -0.39 is 0 Å². The third kappa shape index (κ3) is 3.00. The van der Waals surface area contributed by atoms with Crippen LogP contribution in [0.1, 0.15) is 29.1 Å². The molecule has 2 rings (SSSR count). The van der Waals surface area contributed by atoms with Gasteiger partial charge in [0.15, 0.2) is 0 Å². The molecule has 0 saturated carbocycles. The molecule has 0 atom stereocenters. The van der Waals surface area contributed by atoms with Gasteiger partial charge in [-0.2, -0.15) is 0 Å². The van der Waals surface area contributed by atoms with E-state index in [1.165, 1.54) is 0 Å². The standard InChI is InChI=1S/C11H12BrN3S2/c1-3-8-10(12)11(16)15-9(14-8)4-7-5-17-6(2)13-7/h5H,3-4H2,1-2H3,(H,14,15,16). The van der Waals surface area contributed by atoms with Gasteiger partial charge in [-0.1, -0.05) is 19.1 Å². The van der Waals surface area contributed by atoms with E-state index in [0.717, 1.165) is 33.1 Å². The fourth-order valence-corrected chi connectivity index (χ4v) is 2.86. The van der Waals surface area contributed by atoms with Gasteiger partial charge in [0.05, 0.1) is 15.2 Å². The van der Waals surface area contributed by atoms with Crippen LogP contribution in [0, 0.1) is 11.6 Å². The van der Waals surface area contributed by atoms with Gasteiger partial charge in [0, 0.05) is 17.5 Å². The number of nitrogens with zero attached hydrogens (tertiary/aromatic N) is 2. The zero-order valence-corrected chi connectivity index (χ0v) is 12.8. The zero-order chi connectivity index (χ0) is 12.4. The lowest BCUT2D eigenvalue weighted by molar-refractivity contribution is 0.876. The van der Waals surface area contributed by atoms with E-state index >= 15 is 0 Å². The van der Waals surface area contributed by atoms with Crippen LogP contribution >= 0.6 is 39.5 Å². The molecule has 0 aliphatic heterocycles. The van der Waals surface area contributed by atoms with Crippen molar-refractivity contribution in [2.24, 2.45) is 0 Å². The molecule has 0 aliphatic carbocycles. The summed E-state index contributed by atoms with van der Waals surface area (Å²) in [5.41, 5.74) is 2.13. The lowest BCUT2D eigenvalue weighted by atomic mass is 10.3. The predicted molar refractivity (Wildman–Crippen MR) is 76.2 cm³/mol. The molecule has 2 aromatic heterocycles. The molecule has 0 saturated heterocycles. The van der Waals surface area contributed by atoms with Gasteiger partial charge in [-0.15, -0.1) is 11.3 Å². The van der Waals surface area contributed by atoms with E-state index in [1.54, 1.807) is 11.3 Å². The highest BCUT2D eigenvalue weighted by Crippen LogP contribution is 2.18. The molecule has 3 nitrogen and oxygen atoms in total. The van der Waals surface area contributed by atoms with Crippen molar-refractivity contribution >= 4 is 39.5 Å². The summed E-state index contributed by atoms with van der Waals surface area (Å²) in [7, 11) is 0. The Balaban J connectivity index is 2.33. The summed E-state index contributed by atoms with van der Waals surface area (Å²) in [4.78, 5) is 12.1. The second-order valence-corrected chi connectivity index (χ2v) is 5.91. The molecule has 2 heterocycles. The molecule has 0 amide bonds. The molecule has 0 bridgehead atoms. The molecule has 0 radical (unpaired) electrons. The first-order valence-electron chi connectivity index (χ1n) is 5.28. The molecule has 0 aromatic carbocycles. The van der Waals surface area contributed by atoms with Crippen molar-refractivity contribution in [1.29, 1.82) is 0 Å². The maximum Gasteiger partial charge on any atom is 0.144 e. The summed E-state index contributed by atoms with van der Waals surface area (Å²) >= 11 is 10.3. The Hall–Kier alpha value is -0.590. The predicted octanol–water partition coefficient (Wildman–Crippen LogP) is 3.82. The SMILES string of the molecule is CCc1[nH]c(Cc2csc(C)n2)nc(=S)c1Br. The summed E-state index contributed by atoms with van der Waals surface area (Å²) in [6.45, 7) is 4.09. The smallest absolute Gasteiger partial charge is 0.144 e. The minimum Gasteiger partial charge on any atom is -0.346 e. The normalized spacial score (nSPS) is 10.8. The van der Waals surface area contributed by atoms with Crippen molar-refractivity contribution in [1.82, 2.24) is 15.0 Å². The van der Waals surface area contributed by atoms with Crippen LogP contribution in [0.2, 0.25) is 0 Å². The number of aromatic amines is 1. The van der Waals surface area contributed by atoms with Crippen molar-refractivity contribution in [3.8, 4) is 0 Å². The van der Waals surface area contributed by atoms with Crippen molar-refractivity contribution in [3.05, 3.63) is 36.7 Å². The minimum absolute atomic E-state index is 0.613. The molecule has 0 fully saturated rings. The maximum absolute atomic E-state index is 5.22. The van der Waals surface area contributed by atoms with Crippen molar-refractivity contribution in [3.63, 3.8) is 0 Å². The highest BCUT2D eigenvalue weighted by Gasteiger charge is 2.07. The van der Waals surface area contributed by atoms with E-state index in [2.05, 4.69) is 43.2 Å². The number of H-pyrrole nitrogens is 1. The average Bonchev–Trinajstić information content (AvgIpc) is 2.69. The fraction of sp³-hybridized carbons (Fsp3) is 0.364. The van der Waals surface area contributed by atoms with E-state index in [4.69, 9.17) is 12.2 Å². The van der Waals surface area contributed by atoms with Gasteiger partial charge in [0.1, 0.15) is 10.5 Å². The lowest BCUT2D eigenvalue weighted by Gasteiger charge is -2.05. The Kier molecular flexibility index (Phi) is 4.06. The molecular formula is C11H12BrN3S2. The highest BCUT2D eigenvalue weighted by molar-refractivity contribution is 9.10. The molecule has 0 spiro atoms. The lowest BCUT2D eigenvalue weighted by Crippen LogP contribution is -2.02. The van der Waals surface area contributed by atoms with Crippen molar-refractivity contribution < 1.29 is 0 Å². The van der Waals surface area contributed by atoms with Gasteiger partial charge >= 0.3 is 0 Å². The number of hydrogen-bond acceptors (Lipinski definition) is 4. The topological polar surface area (TPSA) is 41.6 Å². The van der Waals surface area contributed by atoms with Crippen LogP contribution in [0.4, 0.5) is 0 Å². The molecule has 0 unspecified atom stereocenters. The summed E-state index contributed by atoms with van der Waals surface area (Å²) < 4.78 is 1.51. The molecule has 0 aliphatic rings. The average molecular weight is 330 g/mol. The quantitative estimate of drug-likeness (QED) is 0.870. The van der Waals surface area contributed by atoms with Crippen LogP contribution in [-0.2, 0) is 12.8 Å². The summed E-state index contributed by atoms with van der Waals surface area (Å²) in [5, 5.41) is 3.13. The number of thiazole rings is 1. The monoisotopic (exact) mass is 329 g/mol. The molecule has 90 valence electrons. The van der Waals surface area contributed by atoms with Crippen molar-refractivity contribution in [2.75, 3.05) is 0 Å². The van der Waals surface area contributed by atoms with Crippen LogP contribution in [0.5, 0.6) is 0 Å². The molecular weight excluding hydrogens is 318 g/mol. The van der Waals surface area contributed by atoms with Crippen LogP contribution < -0.4 is 0 Å². The fourth-order valence-electron chi connectivity index (χ4n) is 1.55. The first kappa shape index (κ1) is 12.9. The Bertz CT molecular complexity index is 589. The largest absolute Gasteiger partial charge is 0.346 e. The van der Waals surface area contributed by atoms with Crippen LogP contribution in [-0.4, -0.2) is 15.0 Å². The Morgan fingerprint density at radius 3 is 2.82 bits per heavy atom. The third-order valence-corrected chi connectivity index (χ3v) is 4.59. The van der Waals surface area contributed by atoms with Crippen LogP contribution in [0.15, 0.2) is 9.85 Å². The summed E-state index contributed by atoms with van der Waals surface area (Å²) in [6.07, 6.45) is 1.60. The number of rotatable bonds is 3. The Labute approximate surface area is 117 Å². The van der Waals surface area contributed by atoms with Gasteiger partial charge in [-0.25, -0.2) is 9.97 Å². The van der Waals surface area contributed by atoms with Crippen LogP contribution in [0.25, 0.3) is 0 Å². The van der Waals surface area contributed by atoms with Gasteiger partial charge < -0.3 is 4.98 Å². The van der Waals surface area contributed by atoms with Gasteiger partial charge in [-0.3, -0.25) is 0 Å². The van der Waals surface area contributed by atoms with E-state index in [1.807, 2.05) is 6.92 Å². The van der Waals surface area contributed by atoms with Gasteiger partial charge in [0.25, 0.3) is 0 Å². The van der Waals surface area contributed by atoms with E-state index in [9.17, 15) is 0 Å². The molecule has 2 aromatic rings. The van der Waals surface area contributed by atoms with Gasteiger partial charge in [0.2, 0.25) is 0 Å². The van der Waals surface area contributed by atoms with Crippen LogP contribution in [0.3, 0.4) is 0 Å². The second kappa shape index (κ2) is 5.37. The Morgan fingerprint density at radius 2 is 2.24 bits per heavy atom. The van der Waals surface area contributed by atoms with E-state index in [-0.39, 0.29) is 0 Å². The summed E-state index contributed by atoms with van der Waals surface area (Å²) in [5.74, 6) is 0.875. The minimum atomic E-state index is 0.613. The molecule has 6 heteroatoms. The number of aryl methyl sites for hydroxylation is 2. The number of halogens is 1. The number of hydrogen-bond donors (Lipinski definition) is 1. The second-order valence-electron chi connectivity index (χ2n) is 3.67. The third-order valence-electron chi connectivity index (χ3n) is 2.35. The van der Waals surface area contributed by atoms with E-state index in [0.29, 0.717) is 11.1 Å².